The van der Waals surface area contributed by atoms with Crippen molar-refractivity contribution in [3.63, 3.8) is 0 Å². The van der Waals surface area contributed by atoms with E-state index in [0.717, 1.165) is 43.7 Å². The van der Waals surface area contributed by atoms with Crippen molar-refractivity contribution >= 4 is 30.0 Å². The quantitative estimate of drug-likeness (QED) is 0.0650. The lowest BCUT2D eigenvalue weighted by atomic mass is 9.98. The zero-order valence-electron chi connectivity index (χ0n) is 25.4. The van der Waals surface area contributed by atoms with Crippen LogP contribution in [0.25, 0.3) is 6.08 Å². The number of rotatable bonds is 18. The van der Waals surface area contributed by atoms with Crippen LogP contribution in [-0.2, 0) is 33.4 Å². The molecule has 0 bridgehead atoms. The summed E-state index contributed by atoms with van der Waals surface area (Å²) in [6, 6.07) is 13.7. The van der Waals surface area contributed by atoms with E-state index < -0.39 is 23.9 Å². The van der Waals surface area contributed by atoms with Gasteiger partial charge in [0.15, 0.2) is 0 Å². The van der Waals surface area contributed by atoms with Crippen LogP contribution in [-0.4, -0.2) is 56.4 Å². The van der Waals surface area contributed by atoms with Gasteiger partial charge in [-0.2, -0.15) is 0 Å². The second kappa shape index (κ2) is 19.4. The van der Waals surface area contributed by atoms with Crippen LogP contribution in [0.1, 0.15) is 56.9 Å². The maximum Gasteiger partial charge on any atom is 0.336 e. The van der Waals surface area contributed by atoms with Crippen molar-refractivity contribution in [1.82, 2.24) is 0 Å². The first kappa shape index (κ1) is 34.6. The molecule has 1 saturated carbocycles. The smallest absolute Gasteiger partial charge is 0.336 e. The summed E-state index contributed by atoms with van der Waals surface area (Å²) >= 11 is 0. The predicted octanol–water partition coefficient (Wildman–Crippen LogP) is 5.94. The first-order chi connectivity index (χ1) is 21.8. The van der Waals surface area contributed by atoms with E-state index in [2.05, 4.69) is 13.2 Å². The first-order valence-corrected chi connectivity index (χ1v) is 15.0. The summed E-state index contributed by atoms with van der Waals surface area (Å²) in [6.07, 6.45) is 9.81. The molecule has 0 amide bonds. The minimum atomic E-state index is -0.617. The monoisotopic (exact) mass is 620 g/mol. The SMILES string of the molecule is C=CC(=O)OCCCOc1ccc(OC(=O)/C=C/c2ccc(OCCCOC(=O)C(=C)CC(=O)OC3CCCCC3)cc2)cc1. The molecule has 0 heterocycles. The maximum absolute atomic E-state index is 12.2. The average Bonchev–Trinajstić information content (AvgIpc) is 3.05. The number of hydrogen-bond donors (Lipinski definition) is 0. The largest absolute Gasteiger partial charge is 0.493 e. The summed E-state index contributed by atoms with van der Waals surface area (Å²) < 4.78 is 32.0. The number of benzene rings is 2. The van der Waals surface area contributed by atoms with Crippen LogP contribution in [0.3, 0.4) is 0 Å². The Morgan fingerprint density at radius 1 is 0.733 bits per heavy atom. The van der Waals surface area contributed by atoms with Crippen LogP contribution in [0.2, 0.25) is 0 Å². The molecule has 0 N–H and O–H groups in total. The summed E-state index contributed by atoms with van der Waals surface area (Å²) in [5, 5.41) is 0. The molecule has 0 aliphatic heterocycles. The highest BCUT2D eigenvalue weighted by Gasteiger charge is 2.20. The second-order valence-electron chi connectivity index (χ2n) is 10.2. The van der Waals surface area contributed by atoms with Gasteiger partial charge in [-0.3, -0.25) is 4.79 Å². The molecule has 3 rings (SSSR count). The fraction of sp³-hybridized carbons (Fsp3) is 0.371. The normalized spacial score (nSPS) is 13.0. The Kier molecular flexibility index (Phi) is 14.9. The van der Waals surface area contributed by atoms with Crippen molar-refractivity contribution < 1.29 is 47.6 Å². The predicted molar refractivity (Wildman–Crippen MR) is 167 cm³/mol. The summed E-state index contributed by atoms with van der Waals surface area (Å²) in [7, 11) is 0. The highest BCUT2D eigenvalue weighted by molar-refractivity contribution is 5.93. The molecule has 0 saturated heterocycles. The van der Waals surface area contributed by atoms with Gasteiger partial charge in [0, 0.05) is 30.6 Å². The van der Waals surface area contributed by atoms with Crippen molar-refractivity contribution in [2.75, 3.05) is 26.4 Å². The number of esters is 4. The van der Waals surface area contributed by atoms with Crippen LogP contribution in [0.5, 0.6) is 17.2 Å². The van der Waals surface area contributed by atoms with E-state index in [1.54, 1.807) is 54.6 Å². The molecule has 10 heteroatoms. The van der Waals surface area contributed by atoms with Crippen LogP contribution in [0, 0.1) is 0 Å². The standard InChI is InChI=1S/C35H40O10/c1-3-32(36)42-23-7-21-41-29-16-18-31(19-17-29)44-33(37)20-13-27-11-14-28(15-12-27)40-22-8-24-43-35(39)26(2)25-34(38)45-30-9-5-4-6-10-30/h3,11-20,30H,1-2,4-10,21-25H2/b20-13+. The van der Waals surface area contributed by atoms with E-state index >= 15 is 0 Å². The molecule has 1 aliphatic rings. The van der Waals surface area contributed by atoms with Crippen LogP contribution in [0.15, 0.2) is 79.4 Å². The van der Waals surface area contributed by atoms with E-state index in [4.69, 9.17) is 28.4 Å². The molecule has 2 aromatic rings. The molecule has 0 spiro atoms. The van der Waals surface area contributed by atoms with E-state index in [0.29, 0.717) is 43.3 Å². The Hall–Kier alpha value is -4.86. The van der Waals surface area contributed by atoms with Crippen LogP contribution >= 0.6 is 0 Å². The van der Waals surface area contributed by atoms with Gasteiger partial charge in [0.25, 0.3) is 0 Å². The van der Waals surface area contributed by atoms with Gasteiger partial charge in [0.2, 0.25) is 0 Å². The van der Waals surface area contributed by atoms with Gasteiger partial charge in [0.05, 0.1) is 32.8 Å². The second-order valence-corrected chi connectivity index (χ2v) is 10.2. The molecule has 1 aliphatic carbocycles. The fourth-order valence-corrected chi connectivity index (χ4v) is 4.25. The Bertz CT molecular complexity index is 1300. The fourth-order valence-electron chi connectivity index (χ4n) is 4.25. The lowest BCUT2D eigenvalue weighted by Crippen LogP contribution is -2.22. The summed E-state index contributed by atoms with van der Waals surface area (Å²) in [5.74, 6) is -0.484. The Labute approximate surface area is 263 Å². The summed E-state index contributed by atoms with van der Waals surface area (Å²) in [4.78, 5) is 47.4. The van der Waals surface area contributed by atoms with E-state index in [9.17, 15) is 19.2 Å². The van der Waals surface area contributed by atoms with E-state index in [1.165, 1.54) is 6.08 Å². The van der Waals surface area contributed by atoms with E-state index in [1.807, 2.05) is 0 Å². The van der Waals surface area contributed by atoms with E-state index in [-0.39, 0.29) is 31.3 Å². The number of ether oxygens (including phenoxy) is 6. The van der Waals surface area contributed by atoms with Crippen molar-refractivity contribution in [1.29, 1.82) is 0 Å². The van der Waals surface area contributed by atoms with Crippen molar-refractivity contribution in [3.05, 3.63) is 85.0 Å². The van der Waals surface area contributed by atoms with Crippen molar-refractivity contribution in [2.45, 2.75) is 57.5 Å². The van der Waals surface area contributed by atoms with Gasteiger partial charge in [0.1, 0.15) is 23.4 Å². The molecule has 0 aromatic heterocycles. The average molecular weight is 621 g/mol. The molecule has 45 heavy (non-hydrogen) atoms. The molecular weight excluding hydrogens is 580 g/mol. The molecule has 0 radical (unpaired) electrons. The molecule has 1 fully saturated rings. The van der Waals surface area contributed by atoms with Gasteiger partial charge in [-0.25, -0.2) is 14.4 Å². The van der Waals surface area contributed by atoms with Crippen LogP contribution < -0.4 is 14.2 Å². The molecular formula is C35H40O10. The zero-order chi connectivity index (χ0) is 32.3. The minimum Gasteiger partial charge on any atom is -0.493 e. The lowest BCUT2D eigenvalue weighted by molar-refractivity contribution is -0.151. The Balaban J connectivity index is 1.27. The minimum absolute atomic E-state index is 0.0635. The molecule has 2 aromatic carbocycles. The third kappa shape index (κ3) is 14.0. The highest BCUT2D eigenvalue weighted by atomic mass is 16.6. The van der Waals surface area contributed by atoms with Crippen molar-refractivity contribution in [2.24, 2.45) is 0 Å². The Morgan fingerprint density at radius 3 is 1.93 bits per heavy atom. The lowest BCUT2D eigenvalue weighted by Gasteiger charge is -2.21. The van der Waals surface area contributed by atoms with Gasteiger partial charge < -0.3 is 28.4 Å². The number of hydrogen-bond acceptors (Lipinski definition) is 10. The topological polar surface area (TPSA) is 124 Å². The van der Waals surface area contributed by atoms with Crippen LogP contribution in [0.4, 0.5) is 0 Å². The van der Waals surface area contributed by atoms with Gasteiger partial charge in [-0.05, 0) is 73.7 Å². The third-order valence-corrected chi connectivity index (χ3v) is 6.59. The zero-order valence-corrected chi connectivity index (χ0v) is 25.4. The van der Waals surface area contributed by atoms with Gasteiger partial charge >= 0.3 is 23.9 Å². The molecule has 0 unspecified atom stereocenters. The maximum atomic E-state index is 12.2. The molecule has 0 atom stereocenters. The number of carbonyl (C=O) groups is 4. The highest BCUT2D eigenvalue weighted by Crippen LogP contribution is 2.21. The summed E-state index contributed by atoms with van der Waals surface area (Å²) in [5.41, 5.74) is 0.849. The van der Waals surface area contributed by atoms with Crippen molar-refractivity contribution in [3.8, 4) is 17.2 Å². The molecule has 240 valence electrons. The van der Waals surface area contributed by atoms with Gasteiger partial charge in [-0.1, -0.05) is 31.7 Å². The Morgan fingerprint density at radius 2 is 1.31 bits per heavy atom. The first-order valence-electron chi connectivity index (χ1n) is 15.0. The number of carbonyl (C=O) groups excluding carboxylic acids is 4. The van der Waals surface area contributed by atoms with Gasteiger partial charge in [-0.15, -0.1) is 0 Å². The molecule has 10 nitrogen and oxygen atoms in total. The summed E-state index contributed by atoms with van der Waals surface area (Å²) in [6.45, 7) is 8.03. The third-order valence-electron chi connectivity index (χ3n) is 6.59.